The highest BCUT2D eigenvalue weighted by Crippen LogP contribution is 2.31. The Balaban J connectivity index is 1.96. The van der Waals surface area contributed by atoms with E-state index >= 15 is 0 Å². The molecule has 0 radical (unpaired) electrons. The van der Waals surface area contributed by atoms with Crippen molar-refractivity contribution in [3.8, 4) is 0 Å². The monoisotopic (exact) mass is 361 g/mol. The van der Waals surface area contributed by atoms with Crippen LogP contribution in [0.25, 0.3) is 0 Å². The van der Waals surface area contributed by atoms with E-state index in [0.29, 0.717) is 11.1 Å². The van der Waals surface area contributed by atoms with Crippen LogP contribution in [0.3, 0.4) is 0 Å². The zero-order chi connectivity index (χ0) is 14.0. The van der Waals surface area contributed by atoms with Crippen molar-refractivity contribution in [2.45, 2.75) is 26.9 Å². The Labute approximate surface area is 129 Å². The van der Waals surface area contributed by atoms with Crippen LogP contribution in [-0.2, 0) is 13.1 Å². The van der Waals surface area contributed by atoms with Crippen molar-refractivity contribution in [3.05, 3.63) is 54.4 Å². The van der Waals surface area contributed by atoms with Gasteiger partial charge in [-0.25, -0.2) is 4.39 Å². The molecule has 0 bridgehead atoms. The Bertz CT molecular complexity index is 555. The number of hydrogen-bond acceptors (Lipinski definition) is 2. The largest absolute Gasteiger partial charge is 0.308 e. The first-order valence-electron chi connectivity index (χ1n) is 5.87. The van der Waals surface area contributed by atoms with E-state index < -0.39 is 0 Å². The van der Waals surface area contributed by atoms with Crippen molar-refractivity contribution in [2.24, 2.45) is 0 Å². The Hall–Kier alpha value is -0.420. The second-order valence-corrected chi connectivity index (χ2v) is 7.07. The standard InChI is InChI=1S/C14H14BrClFNS/c1-8-3-10(4-9(2)13(8)17)6-18-7-11-5-12(15)14(16)19-11/h3-5,18H,6-7H2,1-2H3. The van der Waals surface area contributed by atoms with Crippen LogP contribution < -0.4 is 5.32 Å². The highest BCUT2D eigenvalue weighted by Gasteiger charge is 2.06. The first-order valence-corrected chi connectivity index (χ1v) is 7.86. The Morgan fingerprint density at radius 1 is 1.21 bits per heavy atom. The van der Waals surface area contributed by atoms with Crippen molar-refractivity contribution in [1.82, 2.24) is 5.32 Å². The van der Waals surface area contributed by atoms with Crippen LogP contribution >= 0.6 is 38.9 Å². The number of rotatable bonds is 4. The second kappa shape index (κ2) is 6.35. The maximum absolute atomic E-state index is 13.5. The van der Waals surface area contributed by atoms with Gasteiger partial charge in [-0.1, -0.05) is 23.7 Å². The third-order valence-corrected chi connectivity index (χ3v) is 5.30. The minimum atomic E-state index is -0.113. The summed E-state index contributed by atoms with van der Waals surface area (Å²) in [5.41, 5.74) is 2.48. The lowest BCUT2D eigenvalue weighted by atomic mass is 10.1. The first kappa shape index (κ1) is 15.0. The lowest BCUT2D eigenvalue weighted by Crippen LogP contribution is -2.12. The molecular formula is C14H14BrClFNS. The molecule has 1 heterocycles. The zero-order valence-electron chi connectivity index (χ0n) is 10.7. The molecule has 0 saturated heterocycles. The molecule has 5 heteroatoms. The van der Waals surface area contributed by atoms with E-state index in [1.165, 1.54) is 4.88 Å². The van der Waals surface area contributed by atoms with Gasteiger partial charge in [-0.3, -0.25) is 0 Å². The van der Waals surface area contributed by atoms with Gasteiger partial charge < -0.3 is 5.32 Å². The van der Waals surface area contributed by atoms with E-state index in [1.54, 1.807) is 25.2 Å². The third kappa shape index (κ3) is 3.78. The van der Waals surface area contributed by atoms with Crippen LogP contribution in [0.5, 0.6) is 0 Å². The molecule has 0 amide bonds. The van der Waals surface area contributed by atoms with Gasteiger partial charge in [-0.15, -0.1) is 11.3 Å². The number of nitrogens with one attached hydrogen (secondary N) is 1. The van der Waals surface area contributed by atoms with E-state index in [0.717, 1.165) is 27.5 Å². The quantitative estimate of drug-likeness (QED) is 0.787. The van der Waals surface area contributed by atoms with Crippen LogP contribution in [-0.4, -0.2) is 0 Å². The van der Waals surface area contributed by atoms with E-state index in [1.807, 2.05) is 18.2 Å². The molecule has 1 nitrogen and oxygen atoms in total. The fourth-order valence-corrected chi connectivity index (χ4v) is 3.71. The number of benzene rings is 1. The minimum absolute atomic E-state index is 0.113. The van der Waals surface area contributed by atoms with Gasteiger partial charge in [0.15, 0.2) is 0 Å². The van der Waals surface area contributed by atoms with Gasteiger partial charge in [0.2, 0.25) is 0 Å². The second-order valence-electron chi connectivity index (χ2n) is 4.48. The molecule has 0 aliphatic carbocycles. The fourth-order valence-electron chi connectivity index (χ4n) is 1.95. The summed E-state index contributed by atoms with van der Waals surface area (Å²) in [6.45, 7) is 5.06. The molecule has 1 aromatic heterocycles. The smallest absolute Gasteiger partial charge is 0.129 e. The molecule has 1 N–H and O–H groups in total. The molecule has 0 aliphatic rings. The predicted molar refractivity (Wildman–Crippen MR) is 83.4 cm³/mol. The molecule has 1 aromatic carbocycles. The van der Waals surface area contributed by atoms with Crippen LogP contribution in [0.1, 0.15) is 21.6 Å². The van der Waals surface area contributed by atoms with Crippen molar-refractivity contribution in [1.29, 1.82) is 0 Å². The molecule has 0 atom stereocenters. The predicted octanol–water partition coefficient (Wildman–Crippen LogP) is 5.21. The maximum atomic E-state index is 13.5. The average molecular weight is 363 g/mol. The molecule has 0 aliphatic heterocycles. The Morgan fingerprint density at radius 2 is 1.84 bits per heavy atom. The fraction of sp³-hybridized carbons (Fsp3) is 0.286. The maximum Gasteiger partial charge on any atom is 0.129 e. The summed E-state index contributed by atoms with van der Waals surface area (Å²) >= 11 is 10.9. The number of halogens is 3. The van der Waals surface area contributed by atoms with E-state index in [9.17, 15) is 4.39 Å². The SMILES string of the molecule is Cc1cc(CNCc2cc(Br)c(Cl)s2)cc(C)c1F. The minimum Gasteiger partial charge on any atom is -0.308 e. The lowest BCUT2D eigenvalue weighted by Gasteiger charge is -2.07. The summed E-state index contributed by atoms with van der Waals surface area (Å²) in [7, 11) is 0. The summed E-state index contributed by atoms with van der Waals surface area (Å²) < 4.78 is 15.2. The molecule has 19 heavy (non-hydrogen) atoms. The molecule has 2 rings (SSSR count). The normalized spacial score (nSPS) is 11.0. The summed E-state index contributed by atoms with van der Waals surface area (Å²) in [6, 6.07) is 5.78. The summed E-state index contributed by atoms with van der Waals surface area (Å²) in [6.07, 6.45) is 0. The van der Waals surface area contributed by atoms with Crippen LogP contribution in [0.4, 0.5) is 4.39 Å². The topological polar surface area (TPSA) is 12.0 Å². The summed E-state index contributed by atoms with van der Waals surface area (Å²) in [5, 5.41) is 3.34. The van der Waals surface area contributed by atoms with Crippen LogP contribution in [0.15, 0.2) is 22.7 Å². The molecular weight excluding hydrogens is 349 g/mol. The number of thiophene rings is 1. The molecule has 0 unspecified atom stereocenters. The van der Waals surface area contributed by atoms with Crippen LogP contribution in [0.2, 0.25) is 4.34 Å². The molecule has 0 fully saturated rings. The number of aryl methyl sites for hydroxylation is 2. The van der Waals surface area contributed by atoms with Gasteiger partial charge in [0.1, 0.15) is 10.2 Å². The average Bonchev–Trinajstić information content (AvgIpc) is 2.65. The zero-order valence-corrected chi connectivity index (χ0v) is 13.8. The van der Waals surface area contributed by atoms with Gasteiger partial charge in [0.25, 0.3) is 0 Å². The summed E-state index contributed by atoms with van der Waals surface area (Å²) in [4.78, 5) is 1.17. The Morgan fingerprint density at radius 3 is 2.37 bits per heavy atom. The van der Waals surface area contributed by atoms with Crippen molar-refractivity contribution >= 4 is 38.9 Å². The van der Waals surface area contributed by atoms with E-state index in [2.05, 4.69) is 21.2 Å². The van der Waals surface area contributed by atoms with Crippen molar-refractivity contribution in [3.63, 3.8) is 0 Å². The van der Waals surface area contributed by atoms with E-state index in [4.69, 9.17) is 11.6 Å². The lowest BCUT2D eigenvalue weighted by molar-refractivity contribution is 0.606. The molecule has 0 spiro atoms. The van der Waals surface area contributed by atoms with Gasteiger partial charge >= 0.3 is 0 Å². The summed E-state index contributed by atoms with van der Waals surface area (Å²) in [5.74, 6) is -0.113. The van der Waals surface area contributed by atoms with Crippen molar-refractivity contribution < 1.29 is 4.39 Å². The molecule has 0 saturated carbocycles. The van der Waals surface area contributed by atoms with E-state index in [-0.39, 0.29) is 5.82 Å². The number of hydrogen-bond donors (Lipinski definition) is 1. The highest BCUT2D eigenvalue weighted by molar-refractivity contribution is 9.10. The highest BCUT2D eigenvalue weighted by atomic mass is 79.9. The first-order chi connectivity index (χ1) is 8.97. The van der Waals surface area contributed by atoms with Crippen LogP contribution in [0, 0.1) is 19.7 Å². The molecule has 102 valence electrons. The van der Waals surface area contributed by atoms with Gasteiger partial charge in [-0.2, -0.15) is 0 Å². The molecule has 2 aromatic rings. The van der Waals surface area contributed by atoms with Gasteiger partial charge in [0, 0.05) is 22.4 Å². The van der Waals surface area contributed by atoms with Gasteiger partial charge in [-0.05, 0) is 52.5 Å². The Kier molecular flexibility index (Phi) is 5.01. The third-order valence-electron chi connectivity index (χ3n) is 2.82. The van der Waals surface area contributed by atoms with Crippen molar-refractivity contribution in [2.75, 3.05) is 0 Å². The van der Waals surface area contributed by atoms with Gasteiger partial charge in [0.05, 0.1) is 0 Å².